The van der Waals surface area contributed by atoms with Gasteiger partial charge in [-0.25, -0.2) is 0 Å². The predicted molar refractivity (Wildman–Crippen MR) is 68.2 cm³/mol. The molecule has 0 spiro atoms. The van der Waals surface area contributed by atoms with Gasteiger partial charge in [0.05, 0.1) is 6.61 Å². The average molecular weight is 256 g/mol. The van der Waals surface area contributed by atoms with Crippen molar-refractivity contribution in [1.82, 2.24) is 0 Å². The van der Waals surface area contributed by atoms with E-state index in [-0.39, 0.29) is 24.3 Å². The molecule has 0 aromatic carbocycles. The zero-order valence-corrected chi connectivity index (χ0v) is 11.4. The first-order valence-electron chi connectivity index (χ1n) is 6.91. The second-order valence-electron chi connectivity index (χ2n) is 4.85. The molecule has 1 aliphatic rings. The molecule has 0 heterocycles. The Morgan fingerprint density at radius 1 is 1.17 bits per heavy atom. The average Bonchev–Trinajstić information content (AvgIpc) is 2.36. The number of hydrogen-bond donors (Lipinski definition) is 0. The number of carbonyl (C=O) groups is 2. The number of ketones is 1. The van der Waals surface area contributed by atoms with Crippen LogP contribution in [0.5, 0.6) is 0 Å². The SMILES string of the molecule is CCOCCOC(=O)C(C(C)=O)C1CCCCC1. The Morgan fingerprint density at radius 3 is 2.39 bits per heavy atom. The van der Waals surface area contributed by atoms with Crippen LogP contribution in [0, 0.1) is 11.8 Å². The van der Waals surface area contributed by atoms with Crippen LogP contribution >= 0.6 is 0 Å². The van der Waals surface area contributed by atoms with Gasteiger partial charge in [-0.3, -0.25) is 9.59 Å². The van der Waals surface area contributed by atoms with Gasteiger partial charge in [-0.05, 0) is 32.6 Å². The Hall–Kier alpha value is -0.900. The number of rotatable bonds is 7. The Morgan fingerprint density at radius 2 is 1.83 bits per heavy atom. The smallest absolute Gasteiger partial charge is 0.316 e. The summed E-state index contributed by atoms with van der Waals surface area (Å²) in [5.41, 5.74) is 0. The van der Waals surface area contributed by atoms with E-state index >= 15 is 0 Å². The van der Waals surface area contributed by atoms with Gasteiger partial charge in [0.25, 0.3) is 0 Å². The minimum Gasteiger partial charge on any atom is -0.463 e. The highest BCUT2D eigenvalue weighted by atomic mass is 16.6. The summed E-state index contributed by atoms with van der Waals surface area (Å²) in [6.45, 7) is 4.63. The minimum atomic E-state index is -0.563. The molecule has 1 fully saturated rings. The molecule has 0 aromatic heterocycles. The summed E-state index contributed by atoms with van der Waals surface area (Å²) in [5, 5.41) is 0. The molecule has 0 amide bonds. The summed E-state index contributed by atoms with van der Waals surface area (Å²) in [4.78, 5) is 23.6. The molecule has 0 radical (unpaired) electrons. The molecule has 1 rings (SSSR count). The van der Waals surface area contributed by atoms with Crippen molar-refractivity contribution in [3.63, 3.8) is 0 Å². The summed E-state index contributed by atoms with van der Waals surface area (Å²) in [5.74, 6) is -0.819. The maximum Gasteiger partial charge on any atom is 0.316 e. The lowest BCUT2D eigenvalue weighted by Gasteiger charge is -2.27. The topological polar surface area (TPSA) is 52.6 Å². The lowest BCUT2D eigenvalue weighted by molar-refractivity contribution is -0.155. The van der Waals surface area contributed by atoms with Crippen molar-refractivity contribution >= 4 is 11.8 Å². The fourth-order valence-corrected chi connectivity index (χ4v) is 2.59. The highest BCUT2D eigenvalue weighted by Crippen LogP contribution is 2.31. The third-order valence-electron chi connectivity index (χ3n) is 3.49. The van der Waals surface area contributed by atoms with Crippen molar-refractivity contribution in [1.29, 1.82) is 0 Å². The van der Waals surface area contributed by atoms with E-state index in [1.54, 1.807) is 0 Å². The minimum absolute atomic E-state index is 0.0664. The second-order valence-corrected chi connectivity index (χ2v) is 4.85. The molecular weight excluding hydrogens is 232 g/mol. The fraction of sp³-hybridized carbons (Fsp3) is 0.857. The number of esters is 1. The first-order chi connectivity index (χ1) is 8.66. The summed E-state index contributed by atoms with van der Waals surface area (Å²) in [6, 6.07) is 0. The van der Waals surface area contributed by atoms with Crippen molar-refractivity contribution in [2.45, 2.75) is 46.0 Å². The van der Waals surface area contributed by atoms with Crippen LogP contribution in [0.1, 0.15) is 46.0 Å². The van der Waals surface area contributed by atoms with Crippen molar-refractivity contribution in [3.8, 4) is 0 Å². The van der Waals surface area contributed by atoms with Crippen LogP contribution in [0.4, 0.5) is 0 Å². The molecule has 1 saturated carbocycles. The van der Waals surface area contributed by atoms with Gasteiger partial charge in [-0.15, -0.1) is 0 Å². The molecule has 1 unspecified atom stereocenters. The highest BCUT2D eigenvalue weighted by Gasteiger charge is 2.34. The zero-order chi connectivity index (χ0) is 13.4. The highest BCUT2D eigenvalue weighted by molar-refractivity contribution is 5.98. The zero-order valence-electron chi connectivity index (χ0n) is 11.4. The summed E-state index contributed by atoms with van der Waals surface area (Å²) >= 11 is 0. The third-order valence-corrected chi connectivity index (χ3v) is 3.49. The summed E-state index contributed by atoms with van der Waals surface area (Å²) in [7, 11) is 0. The second kappa shape index (κ2) is 8.25. The van der Waals surface area contributed by atoms with Crippen molar-refractivity contribution in [2.24, 2.45) is 11.8 Å². The van der Waals surface area contributed by atoms with Crippen molar-refractivity contribution in [2.75, 3.05) is 19.8 Å². The number of ether oxygens (including phenoxy) is 2. The Bertz CT molecular complexity index is 269. The van der Waals surface area contributed by atoms with Gasteiger partial charge < -0.3 is 9.47 Å². The maximum absolute atomic E-state index is 11.9. The van der Waals surface area contributed by atoms with E-state index < -0.39 is 5.92 Å². The van der Waals surface area contributed by atoms with Gasteiger partial charge in [0.2, 0.25) is 0 Å². The standard InChI is InChI=1S/C14H24O4/c1-3-17-9-10-18-14(16)13(11(2)15)12-7-5-4-6-8-12/h12-13H,3-10H2,1-2H3. The number of hydrogen-bond acceptors (Lipinski definition) is 4. The molecule has 4 heteroatoms. The van der Waals surface area contributed by atoms with Gasteiger partial charge in [0.1, 0.15) is 18.3 Å². The Labute approximate surface area is 109 Å². The van der Waals surface area contributed by atoms with E-state index in [1.807, 2.05) is 6.92 Å². The molecule has 0 bridgehead atoms. The van der Waals surface area contributed by atoms with E-state index in [1.165, 1.54) is 13.3 Å². The molecule has 0 aliphatic heterocycles. The monoisotopic (exact) mass is 256 g/mol. The Kier molecular flexibility index (Phi) is 6.94. The normalized spacial score (nSPS) is 18.3. The van der Waals surface area contributed by atoms with E-state index in [0.29, 0.717) is 13.2 Å². The quantitative estimate of drug-likeness (QED) is 0.398. The van der Waals surface area contributed by atoms with E-state index in [0.717, 1.165) is 25.7 Å². The Balaban J connectivity index is 2.44. The van der Waals surface area contributed by atoms with Crippen LogP contribution in [0.2, 0.25) is 0 Å². The van der Waals surface area contributed by atoms with E-state index in [4.69, 9.17) is 9.47 Å². The molecule has 0 aromatic rings. The molecule has 4 nitrogen and oxygen atoms in total. The van der Waals surface area contributed by atoms with Gasteiger partial charge in [0.15, 0.2) is 0 Å². The van der Waals surface area contributed by atoms with Crippen LogP contribution in [-0.4, -0.2) is 31.6 Å². The fourth-order valence-electron chi connectivity index (χ4n) is 2.59. The van der Waals surface area contributed by atoms with Gasteiger partial charge in [0, 0.05) is 6.61 Å². The van der Waals surface area contributed by atoms with Crippen molar-refractivity contribution in [3.05, 3.63) is 0 Å². The molecule has 0 N–H and O–H groups in total. The predicted octanol–water partition coefficient (Wildman–Crippen LogP) is 2.35. The van der Waals surface area contributed by atoms with Crippen LogP contribution in [-0.2, 0) is 19.1 Å². The number of Topliss-reactive ketones (excluding diaryl/α,β-unsaturated/α-hetero) is 1. The van der Waals surface area contributed by atoms with E-state index in [2.05, 4.69) is 0 Å². The summed E-state index contributed by atoms with van der Waals surface area (Å²) in [6.07, 6.45) is 5.36. The van der Waals surface area contributed by atoms with Gasteiger partial charge in [-0.2, -0.15) is 0 Å². The lowest BCUT2D eigenvalue weighted by Crippen LogP contribution is -2.33. The molecule has 1 aliphatic carbocycles. The lowest BCUT2D eigenvalue weighted by atomic mass is 9.78. The van der Waals surface area contributed by atoms with Gasteiger partial charge in [-0.1, -0.05) is 19.3 Å². The van der Waals surface area contributed by atoms with Crippen molar-refractivity contribution < 1.29 is 19.1 Å². The first-order valence-corrected chi connectivity index (χ1v) is 6.91. The molecule has 104 valence electrons. The van der Waals surface area contributed by atoms with Crippen LogP contribution in [0.25, 0.3) is 0 Å². The van der Waals surface area contributed by atoms with Crippen LogP contribution in [0.3, 0.4) is 0 Å². The van der Waals surface area contributed by atoms with Crippen LogP contribution in [0.15, 0.2) is 0 Å². The van der Waals surface area contributed by atoms with Gasteiger partial charge >= 0.3 is 5.97 Å². The molecular formula is C14H24O4. The third kappa shape index (κ3) is 4.77. The molecule has 18 heavy (non-hydrogen) atoms. The first kappa shape index (κ1) is 15.2. The molecule has 1 atom stereocenters. The van der Waals surface area contributed by atoms with Crippen LogP contribution < -0.4 is 0 Å². The summed E-state index contributed by atoms with van der Waals surface area (Å²) < 4.78 is 10.2. The maximum atomic E-state index is 11.9. The largest absolute Gasteiger partial charge is 0.463 e. The number of carbonyl (C=O) groups excluding carboxylic acids is 2. The molecule has 0 saturated heterocycles. The van der Waals surface area contributed by atoms with E-state index in [9.17, 15) is 9.59 Å².